The number of hydrogen-bond acceptors (Lipinski definition) is 3. The van der Waals surface area contributed by atoms with E-state index in [1.807, 2.05) is 13.0 Å². The molecule has 0 saturated heterocycles. The average molecular weight is 262 g/mol. The number of nitrogens with one attached hydrogen (secondary N) is 2. The molecule has 2 rings (SSSR count). The monoisotopic (exact) mass is 262 g/mol. The lowest BCUT2D eigenvalue weighted by Crippen LogP contribution is -2.25. The van der Waals surface area contributed by atoms with Crippen molar-refractivity contribution in [2.24, 2.45) is 0 Å². The maximum atomic E-state index is 12.0. The fourth-order valence-electron chi connectivity index (χ4n) is 1.79. The van der Waals surface area contributed by atoms with Gasteiger partial charge in [0.05, 0.1) is 11.1 Å². The van der Waals surface area contributed by atoms with Gasteiger partial charge < -0.3 is 14.9 Å². The molecule has 2 aromatic heterocycles. The fraction of sp³-hybridized carbons (Fsp3) is 0.250. The van der Waals surface area contributed by atoms with Crippen molar-refractivity contribution in [1.82, 2.24) is 14.9 Å². The quantitative estimate of drug-likeness (QED) is 0.634. The maximum Gasteiger partial charge on any atom is 0.287 e. The SMILES string of the molecule is CCn1cc([N+](=O)[O-])cc1C(=O)NCc1cc[nH]c1. The van der Waals surface area contributed by atoms with E-state index in [4.69, 9.17) is 0 Å². The van der Waals surface area contributed by atoms with Crippen LogP contribution in [0.5, 0.6) is 0 Å². The minimum atomic E-state index is -0.505. The second kappa shape index (κ2) is 5.38. The Morgan fingerprint density at radius 3 is 2.95 bits per heavy atom. The number of H-pyrrole nitrogens is 1. The smallest absolute Gasteiger partial charge is 0.287 e. The van der Waals surface area contributed by atoms with Crippen molar-refractivity contribution in [1.29, 1.82) is 0 Å². The van der Waals surface area contributed by atoms with Gasteiger partial charge in [0.15, 0.2) is 0 Å². The Bertz CT molecular complexity index is 586. The Hall–Kier alpha value is -2.57. The van der Waals surface area contributed by atoms with Gasteiger partial charge in [-0.15, -0.1) is 0 Å². The van der Waals surface area contributed by atoms with Gasteiger partial charge in [-0.2, -0.15) is 0 Å². The van der Waals surface area contributed by atoms with Crippen LogP contribution in [-0.2, 0) is 13.1 Å². The Morgan fingerprint density at radius 1 is 1.58 bits per heavy atom. The molecule has 0 spiro atoms. The zero-order valence-electron chi connectivity index (χ0n) is 10.4. The van der Waals surface area contributed by atoms with Crippen molar-refractivity contribution in [2.75, 3.05) is 0 Å². The molecule has 7 heteroatoms. The molecule has 0 bridgehead atoms. The second-order valence-corrected chi connectivity index (χ2v) is 4.03. The summed E-state index contributed by atoms with van der Waals surface area (Å²) >= 11 is 0. The highest BCUT2D eigenvalue weighted by molar-refractivity contribution is 5.93. The second-order valence-electron chi connectivity index (χ2n) is 4.03. The molecule has 0 aliphatic carbocycles. The third-order valence-electron chi connectivity index (χ3n) is 2.78. The molecule has 0 unspecified atom stereocenters. The van der Waals surface area contributed by atoms with Gasteiger partial charge in [0, 0.05) is 31.5 Å². The largest absolute Gasteiger partial charge is 0.367 e. The van der Waals surface area contributed by atoms with E-state index >= 15 is 0 Å². The number of nitrogens with zero attached hydrogens (tertiary/aromatic N) is 2. The zero-order valence-corrected chi connectivity index (χ0v) is 10.4. The van der Waals surface area contributed by atoms with Crippen molar-refractivity contribution in [2.45, 2.75) is 20.0 Å². The minimum absolute atomic E-state index is 0.0753. The van der Waals surface area contributed by atoms with Crippen molar-refractivity contribution >= 4 is 11.6 Å². The Labute approximate surface area is 109 Å². The van der Waals surface area contributed by atoms with Crippen LogP contribution < -0.4 is 5.32 Å². The number of carbonyl (C=O) groups excluding carboxylic acids is 1. The van der Waals surface area contributed by atoms with Crippen molar-refractivity contribution < 1.29 is 9.72 Å². The van der Waals surface area contributed by atoms with E-state index in [0.29, 0.717) is 18.8 Å². The number of carbonyl (C=O) groups is 1. The normalized spacial score (nSPS) is 10.4. The van der Waals surface area contributed by atoms with E-state index in [1.165, 1.54) is 12.3 Å². The first-order chi connectivity index (χ1) is 9.11. The number of amides is 1. The highest BCUT2D eigenvalue weighted by atomic mass is 16.6. The molecule has 0 atom stereocenters. The summed E-state index contributed by atoms with van der Waals surface area (Å²) in [6.45, 7) is 2.71. The van der Waals surface area contributed by atoms with Crippen molar-refractivity contribution in [3.63, 3.8) is 0 Å². The molecule has 2 N–H and O–H groups in total. The predicted octanol–water partition coefficient (Wildman–Crippen LogP) is 1.67. The van der Waals surface area contributed by atoms with Crippen LogP contribution in [0, 0.1) is 10.1 Å². The van der Waals surface area contributed by atoms with E-state index in [2.05, 4.69) is 10.3 Å². The molecule has 2 aromatic rings. The summed E-state index contributed by atoms with van der Waals surface area (Å²) in [7, 11) is 0. The number of rotatable bonds is 5. The van der Waals surface area contributed by atoms with E-state index < -0.39 is 4.92 Å². The lowest BCUT2D eigenvalue weighted by molar-refractivity contribution is -0.384. The lowest BCUT2D eigenvalue weighted by Gasteiger charge is -2.06. The predicted molar refractivity (Wildman–Crippen MR) is 68.7 cm³/mol. The van der Waals surface area contributed by atoms with Crippen LogP contribution in [-0.4, -0.2) is 20.4 Å². The molecule has 19 heavy (non-hydrogen) atoms. The Kier molecular flexibility index (Phi) is 3.65. The summed E-state index contributed by atoms with van der Waals surface area (Å²) in [5.41, 5.74) is 1.16. The number of aromatic amines is 1. The van der Waals surface area contributed by atoms with Gasteiger partial charge in [-0.05, 0) is 18.6 Å². The third-order valence-corrected chi connectivity index (χ3v) is 2.78. The van der Waals surface area contributed by atoms with E-state index in [9.17, 15) is 14.9 Å². The van der Waals surface area contributed by atoms with Gasteiger partial charge in [0.25, 0.3) is 11.6 Å². The molecule has 0 fully saturated rings. The molecule has 0 saturated carbocycles. The third kappa shape index (κ3) is 2.82. The molecule has 0 aliphatic rings. The first-order valence-corrected chi connectivity index (χ1v) is 5.86. The van der Waals surface area contributed by atoms with Gasteiger partial charge in [-0.3, -0.25) is 14.9 Å². The highest BCUT2D eigenvalue weighted by Gasteiger charge is 2.18. The number of hydrogen-bond donors (Lipinski definition) is 2. The maximum absolute atomic E-state index is 12.0. The summed E-state index contributed by atoms with van der Waals surface area (Å²) in [5.74, 6) is -0.323. The first kappa shape index (κ1) is 12.9. The molecule has 0 radical (unpaired) electrons. The van der Waals surface area contributed by atoms with Gasteiger partial charge in [-0.1, -0.05) is 0 Å². The van der Waals surface area contributed by atoms with E-state index in [-0.39, 0.29) is 11.6 Å². The van der Waals surface area contributed by atoms with Gasteiger partial charge in [0.1, 0.15) is 5.69 Å². The molecule has 0 aliphatic heterocycles. The molecule has 1 amide bonds. The number of aryl methyl sites for hydroxylation is 1. The van der Waals surface area contributed by atoms with Crippen LogP contribution >= 0.6 is 0 Å². The Morgan fingerprint density at radius 2 is 2.37 bits per heavy atom. The summed E-state index contributed by atoms with van der Waals surface area (Å²) in [4.78, 5) is 25.1. The fourth-order valence-corrected chi connectivity index (χ4v) is 1.79. The van der Waals surface area contributed by atoms with Gasteiger partial charge in [-0.25, -0.2) is 0 Å². The van der Waals surface area contributed by atoms with E-state index in [0.717, 1.165) is 5.56 Å². The summed E-state index contributed by atoms with van der Waals surface area (Å²) in [6, 6.07) is 3.14. The molecular weight excluding hydrogens is 248 g/mol. The molecular formula is C12H14N4O3. The van der Waals surface area contributed by atoms with Crippen LogP contribution in [0.4, 0.5) is 5.69 Å². The van der Waals surface area contributed by atoms with Crippen molar-refractivity contribution in [3.05, 3.63) is 52.1 Å². The molecule has 0 aromatic carbocycles. The minimum Gasteiger partial charge on any atom is -0.367 e. The van der Waals surface area contributed by atoms with Crippen LogP contribution in [0.3, 0.4) is 0 Å². The van der Waals surface area contributed by atoms with Crippen LogP contribution in [0.25, 0.3) is 0 Å². The molecule has 7 nitrogen and oxygen atoms in total. The average Bonchev–Trinajstić information content (AvgIpc) is 3.04. The highest BCUT2D eigenvalue weighted by Crippen LogP contribution is 2.16. The number of aromatic nitrogens is 2. The standard InChI is InChI=1S/C12H14N4O3/c1-2-15-8-10(16(18)19)5-11(15)12(17)14-7-9-3-4-13-6-9/h3-6,8,13H,2,7H2,1H3,(H,14,17). The van der Waals surface area contributed by atoms with Crippen LogP contribution in [0.2, 0.25) is 0 Å². The number of nitro groups is 1. The Balaban J connectivity index is 2.11. The van der Waals surface area contributed by atoms with Crippen molar-refractivity contribution in [3.8, 4) is 0 Å². The van der Waals surface area contributed by atoms with Gasteiger partial charge >= 0.3 is 0 Å². The van der Waals surface area contributed by atoms with E-state index in [1.54, 1.807) is 17.0 Å². The summed E-state index contributed by atoms with van der Waals surface area (Å²) in [6.07, 6.45) is 4.91. The van der Waals surface area contributed by atoms with Crippen LogP contribution in [0.1, 0.15) is 23.0 Å². The topological polar surface area (TPSA) is 93.0 Å². The lowest BCUT2D eigenvalue weighted by atomic mass is 10.3. The van der Waals surface area contributed by atoms with Crippen LogP contribution in [0.15, 0.2) is 30.7 Å². The summed E-state index contributed by atoms with van der Waals surface area (Å²) < 4.78 is 1.56. The zero-order chi connectivity index (χ0) is 13.8. The summed E-state index contributed by atoms with van der Waals surface area (Å²) in [5, 5.41) is 13.4. The first-order valence-electron chi connectivity index (χ1n) is 5.86. The molecule has 2 heterocycles. The molecule has 100 valence electrons. The van der Waals surface area contributed by atoms with Gasteiger partial charge in [0.2, 0.25) is 0 Å².